The zero-order valence-corrected chi connectivity index (χ0v) is 74.5. The van der Waals surface area contributed by atoms with E-state index < -0.39 is 79.6 Å². The molecule has 9 aromatic rings. The fourth-order valence-corrected chi connectivity index (χ4v) is 14.4. The van der Waals surface area contributed by atoms with E-state index in [-0.39, 0.29) is 113 Å². The molecule has 0 atom stereocenters. The summed E-state index contributed by atoms with van der Waals surface area (Å²) >= 11 is 17.4. The monoisotopic (exact) mass is 1920 g/mol. The molecule has 2 amide bonds. The SMILES string of the molecule is CC(=O)/C=C/C1=C(OS(=O)(=O)C(F)(F)F)CCN(C(=O)OC(C)(C)C)C1.COc1nc(-c2cc(F)cc(Cl)c2)c(F)cc1-n1c2c(ccc1=O)CCCC2.COc1nc(Br)c(F)cc1-n1c2c(ccc1=O)CCCC2.COc1nc(Br)c(F)cc1-n1c2c(ccc1=O)CN(C(=O)OC(C)(C)C)CC2.Cc1cc(C)c(F)cc1N.O[B]Oc1cc(F)cc(Cl)c1. The highest BCUT2D eigenvalue weighted by Gasteiger charge is 2.49. The number of hydrogen-bond acceptors (Lipinski definition) is 20. The van der Waals surface area contributed by atoms with E-state index in [1.165, 1.54) is 101 Å². The van der Waals surface area contributed by atoms with Crippen molar-refractivity contribution in [3.63, 3.8) is 0 Å². The minimum Gasteiger partial charge on any atom is -0.537 e. The molecule has 0 bridgehead atoms. The molecule has 8 heterocycles. The molecule has 6 aromatic heterocycles. The van der Waals surface area contributed by atoms with Crippen molar-refractivity contribution in [2.75, 3.05) is 46.7 Å². The summed E-state index contributed by atoms with van der Waals surface area (Å²) in [6, 6.07) is 23.9. The molecular formula is C84H86BBr2Cl2F9N9O16S. The van der Waals surface area contributed by atoms with Crippen LogP contribution < -0.4 is 41.3 Å². The summed E-state index contributed by atoms with van der Waals surface area (Å²) in [7, 11) is -1.13. The number of ether oxygens (including phenoxy) is 5. The molecule has 3 N–H and O–H groups in total. The number of allylic oxidation sites excluding steroid dienone is 1. The number of ketones is 1. The number of nitrogens with zero attached hydrogens (tertiary/aromatic N) is 8. The van der Waals surface area contributed by atoms with Gasteiger partial charge < -0.3 is 53.1 Å². The van der Waals surface area contributed by atoms with Crippen LogP contribution in [0.3, 0.4) is 0 Å². The van der Waals surface area contributed by atoms with E-state index in [0.29, 0.717) is 49.8 Å². The Kier molecular flexibility index (Phi) is 34.1. The highest BCUT2D eigenvalue weighted by Crippen LogP contribution is 2.37. The van der Waals surface area contributed by atoms with Crippen molar-refractivity contribution in [3.8, 4) is 51.7 Å². The van der Waals surface area contributed by atoms with Crippen LogP contribution in [0.25, 0.3) is 28.3 Å². The number of rotatable bonds is 13. The molecule has 0 saturated carbocycles. The Labute approximate surface area is 735 Å². The van der Waals surface area contributed by atoms with Crippen molar-refractivity contribution in [2.45, 2.75) is 150 Å². The van der Waals surface area contributed by atoms with Crippen molar-refractivity contribution in [1.29, 1.82) is 0 Å². The normalized spacial score (nSPS) is 13.6. The van der Waals surface area contributed by atoms with Crippen molar-refractivity contribution in [2.24, 2.45) is 0 Å². The number of nitrogen functional groups attached to an aromatic ring is 1. The Morgan fingerprint density at radius 2 is 0.984 bits per heavy atom. The van der Waals surface area contributed by atoms with Gasteiger partial charge in [-0.05, 0) is 222 Å². The van der Waals surface area contributed by atoms with Crippen molar-refractivity contribution >= 4 is 96.5 Å². The zero-order chi connectivity index (χ0) is 91.8. The van der Waals surface area contributed by atoms with Crippen LogP contribution in [-0.4, -0.2) is 135 Å². The average molecular weight is 1920 g/mol. The van der Waals surface area contributed by atoms with Crippen molar-refractivity contribution < 1.29 is 99.9 Å². The lowest BCUT2D eigenvalue weighted by molar-refractivity contribution is -0.112. The highest BCUT2D eigenvalue weighted by atomic mass is 79.9. The third-order valence-corrected chi connectivity index (χ3v) is 20.9. The number of aromatic nitrogens is 6. The lowest BCUT2D eigenvalue weighted by Gasteiger charge is -2.32. The summed E-state index contributed by atoms with van der Waals surface area (Å²) in [6.07, 6.45) is 8.61. The summed E-state index contributed by atoms with van der Waals surface area (Å²) < 4.78 is 181. The maximum absolute atomic E-state index is 15.0. The van der Waals surface area contributed by atoms with Gasteiger partial charge in [0.25, 0.3) is 16.7 Å². The standard InChI is InChI=1S/C21H17ClF2N2O2.C19H21BrFN3O4.C15H14BrFN2O2.C15H20F3NO6S.C8H10FN.C6H4BClFO2/c1-28-21-18(26-17-5-3-2-4-12(17)6-7-19(26)27)11-16(24)20(25-21)13-8-14(22)10-15(23)9-13;1-19(2,3)28-18(26)23-8-7-13-11(10-23)5-6-15(25)24(13)14-9-12(21)16(20)22-17(14)27-4;1-21-15-12(8-10(17)14(16)18-15)19-11-5-3-2-4-9(11)6-7-13(19)20;1-10(20)5-6-11-9-19(13(21)24-14(2,3)4)8-7-12(11)25-26(22,23)15(16,17)18;1-5-3-6(2)8(10)4-7(5)9;8-4-1-5(9)3-6(2-4)11-7-10/h6-11H,2-5H2,1H3;5-6,9H,7-8,10H2,1-4H3;6-8H,2-5H2,1H3;5-6H,7-9H2,1-4H3;3-4H,10H2,1-2H3;1-3,10H/b;;;6-5+;;. The fourth-order valence-electron chi connectivity index (χ4n) is 12.8. The van der Waals surface area contributed by atoms with Gasteiger partial charge in [-0.1, -0.05) is 47.5 Å². The number of anilines is 1. The smallest absolute Gasteiger partial charge is 0.537 e. The van der Waals surface area contributed by atoms with Crippen LogP contribution in [-0.2, 0) is 67.2 Å². The number of methoxy groups -OCH3 is 3. The maximum atomic E-state index is 15.0. The van der Waals surface area contributed by atoms with E-state index in [2.05, 4.69) is 55.6 Å². The first-order valence-corrected chi connectivity index (χ1v) is 41.6. The van der Waals surface area contributed by atoms with Gasteiger partial charge in [-0.3, -0.25) is 32.9 Å². The van der Waals surface area contributed by atoms with Gasteiger partial charge in [0.2, 0.25) is 17.6 Å². The lowest BCUT2D eigenvalue weighted by atomic mass is 9.95. The van der Waals surface area contributed by atoms with Gasteiger partial charge in [0.05, 0.1) is 34.4 Å². The molecule has 0 fully saturated rings. The molecule has 124 heavy (non-hydrogen) atoms. The summed E-state index contributed by atoms with van der Waals surface area (Å²) in [5.74, 6) is -3.45. The van der Waals surface area contributed by atoms with Crippen LogP contribution >= 0.6 is 55.1 Å². The number of halogens is 13. The quantitative estimate of drug-likeness (QED) is 0.0206. The third-order valence-electron chi connectivity index (χ3n) is 18.4. The second kappa shape index (κ2) is 42.8. The number of nitrogens with two attached hydrogens (primary N) is 1. The Balaban J connectivity index is 0.000000191. The minimum absolute atomic E-state index is 0.00190. The molecule has 3 aromatic carbocycles. The molecule has 25 nitrogen and oxygen atoms in total. The predicted octanol–water partition coefficient (Wildman–Crippen LogP) is 17.5. The number of pyridine rings is 6. The average Bonchev–Trinajstić information content (AvgIpc) is 0.770. The van der Waals surface area contributed by atoms with E-state index >= 15 is 0 Å². The first-order valence-electron chi connectivity index (χ1n) is 37.9. The van der Waals surface area contributed by atoms with Crippen LogP contribution in [0.15, 0.2) is 150 Å². The zero-order valence-electron chi connectivity index (χ0n) is 69.0. The van der Waals surface area contributed by atoms with Crippen LogP contribution in [0.5, 0.6) is 23.4 Å². The molecule has 40 heteroatoms. The number of amides is 2. The number of hydrogen-bond donors (Lipinski definition) is 2. The third kappa shape index (κ3) is 26.5. The topological polar surface area (TPSA) is 307 Å². The molecule has 0 unspecified atom stereocenters. The van der Waals surface area contributed by atoms with E-state index in [0.717, 1.165) is 121 Å². The Morgan fingerprint density at radius 3 is 1.43 bits per heavy atom. The number of fused-ring (bicyclic) bond motifs is 3. The second-order valence-electron chi connectivity index (χ2n) is 29.9. The van der Waals surface area contributed by atoms with Crippen LogP contribution in [0.1, 0.15) is 125 Å². The number of aryl methyl sites for hydroxylation is 4. The van der Waals surface area contributed by atoms with Gasteiger partial charge in [0.15, 0.2) is 23.2 Å². The Hall–Kier alpha value is -10.7. The van der Waals surface area contributed by atoms with Gasteiger partial charge in [-0.25, -0.2) is 50.9 Å². The minimum atomic E-state index is -5.85. The first-order chi connectivity index (χ1) is 58.1. The summed E-state index contributed by atoms with van der Waals surface area (Å²) in [5, 5.41) is 8.54. The molecule has 663 valence electrons. The molecule has 0 saturated heterocycles. The highest BCUT2D eigenvalue weighted by molar-refractivity contribution is 9.10. The molecular weight excluding hydrogens is 1840 g/mol. The summed E-state index contributed by atoms with van der Waals surface area (Å²) in [6.45, 7) is 15.5. The van der Waals surface area contributed by atoms with Gasteiger partial charge >= 0.3 is 35.5 Å². The number of carbonyl (C=O) groups is 3. The Morgan fingerprint density at radius 1 is 0.548 bits per heavy atom. The van der Waals surface area contributed by atoms with Gasteiger partial charge in [0.1, 0.15) is 72.1 Å². The van der Waals surface area contributed by atoms with E-state index in [1.807, 2.05) is 39.8 Å². The number of benzene rings is 3. The summed E-state index contributed by atoms with van der Waals surface area (Å²) in [4.78, 5) is 88.1. The molecule has 2 aliphatic heterocycles. The first kappa shape index (κ1) is 98.8. The second-order valence-corrected chi connectivity index (χ2v) is 33.8. The Bertz CT molecular complexity index is 5770. The van der Waals surface area contributed by atoms with Gasteiger partial charge in [-0.15, -0.1) is 0 Å². The fraction of sp³-hybridized carbons (Fsp3) is 0.345. The molecule has 4 aliphatic rings. The lowest BCUT2D eigenvalue weighted by Crippen LogP contribution is -2.41. The molecule has 2 aliphatic carbocycles. The van der Waals surface area contributed by atoms with Gasteiger partial charge in [0, 0.05) is 112 Å². The predicted molar refractivity (Wildman–Crippen MR) is 454 cm³/mol. The molecule has 0 spiro atoms. The maximum Gasteiger partial charge on any atom is 0.569 e. The molecule has 1 radical (unpaired) electrons. The van der Waals surface area contributed by atoms with E-state index in [1.54, 1.807) is 44.7 Å². The van der Waals surface area contributed by atoms with Gasteiger partial charge in [-0.2, -0.15) is 21.6 Å². The summed E-state index contributed by atoms with van der Waals surface area (Å²) in [5.41, 5.74) is 6.07. The largest absolute Gasteiger partial charge is 0.569 e. The van der Waals surface area contributed by atoms with Crippen molar-refractivity contribution in [1.82, 2.24) is 38.5 Å². The van der Waals surface area contributed by atoms with Crippen LogP contribution in [0, 0.1) is 48.8 Å². The van der Waals surface area contributed by atoms with E-state index in [9.17, 15) is 76.7 Å². The van der Waals surface area contributed by atoms with E-state index in [4.69, 9.17) is 57.6 Å². The van der Waals surface area contributed by atoms with Crippen LogP contribution in [0.2, 0.25) is 10.0 Å². The number of alkyl halides is 3. The molecule has 13 rings (SSSR count). The van der Waals surface area contributed by atoms with Crippen LogP contribution in [0.4, 0.5) is 54.8 Å². The number of carbonyl (C=O) groups excluding carboxylic acids is 3. The van der Waals surface area contributed by atoms with Crippen molar-refractivity contribution in [3.05, 3.63) is 257 Å².